The van der Waals surface area contributed by atoms with Crippen molar-refractivity contribution >= 4 is 17.7 Å². The van der Waals surface area contributed by atoms with Crippen LogP contribution in [0.25, 0.3) is 0 Å². The summed E-state index contributed by atoms with van der Waals surface area (Å²) in [4.78, 5) is 41.3. The third-order valence-corrected chi connectivity index (χ3v) is 5.49. The first-order valence-electron chi connectivity index (χ1n) is 10.2. The quantitative estimate of drug-likeness (QED) is 0.538. The van der Waals surface area contributed by atoms with E-state index >= 15 is 0 Å². The number of hydrogen-bond donors (Lipinski definition) is 0. The third-order valence-electron chi connectivity index (χ3n) is 5.49. The minimum absolute atomic E-state index is 0.153. The largest absolute Gasteiger partial charge is 0.465 e. The number of benzene rings is 2. The fourth-order valence-corrected chi connectivity index (χ4v) is 4.26. The van der Waals surface area contributed by atoms with Crippen molar-refractivity contribution < 1.29 is 23.9 Å². The van der Waals surface area contributed by atoms with Crippen LogP contribution in [-0.2, 0) is 23.9 Å². The Balaban J connectivity index is 2.16. The van der Waals surface area contributed by atoms with E-state index < -0.39 is 41.6 Å². The van der Waals surface area contributed by atoms with Crippen LogP contribution in [0.1, 0.15) is 37.1 Å². The van der Waals surface area contributed by atoms with Crippen molar-refractivity contribution in [3.05, 3.63) is 71.8 Å². The molecule has 6 nitrogen and oxygen atoms in total. The Morgan fingerprint density at radius 2 is 1.13 bits per heavy atom. The standard InChI is InChI=1S/C24H27NO5/c1-4-29-23(27)18-20(16-12-8-6-9-13-16)25(3)21(17-14-10-7-11-15-17)19(22(18)26)24(28)30-5-2/h6-15,18-21H,4-5H2,1-3H3. The van der Waals surface area contributed by atoms with Gasteiger partial charge in [-0.2, -0.15) is 0 Å². The average molecular weight is 409 g/mol. The van der Waals surface area contributed by atoms with Crippen LogP contribution in [-0.4, -0.2) is 42.9 Å². The number of ketones is 1. The van der Waals surface area contributed by atoms with Gasteiger partial charge in [0.1, 0.15) is 11.8 Å². The summed E-state index contributed by atoms with van der Waals surface area (Å²) >= 11 is 0. The van der Waals surface area contributed by atoms with E-state index in [0.29, 0.717) is 0 Å². The van der Waals surface area contributed by atoms with Crippen LogP contribution in [0, 0.1) is 11.8 Å². The van der Waals surface area contributed by atoms with Crippen molar-refractivity contribution in [2.75, 3.05) is 20.3 Å². The normalized spacial score (nSPS) is 24.3. The van der Waals surface area contributed by atoms with Crippen LogP contribution in [0.5, 0.6) is 0 Å². The minimum atomic E-state index is -1.12. The van der Waals surface area contributed by atoms with Gasteiger partial charge in [0.15, 0.2) is 5.78 Å². The Labute approximate surface area is 176 Å². The lowest BCUT2D eigenvalue weighted by atomic mass is 9.73. The zero-order valence-corrected chi connectivity index (χ0v) is 17.5. The predicted octanol–water partition coefficient (Wildman–Crippen LogP) is 3.34. The molecule has 3 rings (SSSR count). The lowest BCUT2D eigenvalue weighted by Gasteiger charge is -2.46. The molecule has 4 unspecified atom stereocenters. The van der Waals surface area contributed by atoms with E-state index in [9.17, 15) is 14.4 Å². The molecule has 0 saturated carbocycles. The lowest BCUT2D eigenvalue weighted by Crippen LogP contribution is -2.54. The van der Waals surface area contributed by atoms with E-state index in [2.05, 4.69) is 0 Å². The molecular weight excluding hydrogens is 382 g/mol. The molecule has 0 amide bonds. The summed E-state index contributed by atoms with van der Waals surface area (Å²) in [7, 11) is 1.83. The number of esters is 2. The second-order valence-corrected chi connectivity index (χ2v) is 7.24. The van der Waals surface area contributed by atoms with Crippen molar-refractivity contribution in [3.8, 4) is 0 Å². The molecule has 2 aromatic carbocycles. The first-order chi connectivity index (χ1) is 14.5. The second-order valence-electron chi connectivity index (χ2n) is 7.24. The monoisotopic (exact) mass is 409 g/mol. The summed E-state index contributed by atoms with van der Waals surface area (Å²) in [6.07, 6.45) is 0. The Kier molecular flexibility index (Phi) is 7.00. The van der Waals surface area contributed by atoms with Gasteiger partial charge in [-0.1, -0.05) is 60.7 Å². The number of nitrogens with zero attached hydrogens (tertiary/aromatic N) is 1. The van der Waals surface area contributed by atoms with Crippen molar-refractivity contribution in [2.45, 2.75) is 25.9 Å². The van der Waals surface area contributed by atoms with Crippen molar-refractivity contribution in [3.63, 3.8) is 0 Å². The molecule has 0 spiro atoms. The molecular formula is C24H27NO5. The molecule has 1 fully saturated rings. The molecule has 0 bridgehead atoms. The predicted molar refractivity (Wildman–Crippen MR) is 111 cm³/mol. The molecule has 30 heavy (non-hydrogen) atoms. The Morgan fingerprint density at radius 1 is 0.767 bits per heavy atom. The smallest absolute Gasteiger partial charge is 0.318 e. The van der Waals surface area contributed by atoms with Gasteiger partial charge in [0.05, 0.1) is 25.3 Å². The van der Waals surface area contributed by atoms with Crippen molar-refractivity contribution in [2.24, 2.45) is 11.8 Å². The van der Waals surface area contributed by atoms with Crippen LogP contribution >= 0.6 is 0 Å². The van der Waals surface area contributed by atoms with Crippen LogP contribution in [0.15, 0.2) is 60.7 Å². The molecule has 0 N–H and O–H groups in total. The number of rotatable bonds is 6. The van der Waals surface area contributed by atoms with Crippen LogP contribution < -0.4 is 0 Å². The van der Waals surface area contributed by atoms with Crippen LogP contribution in [0.3, 0.4) is 0 Å². The number of ether oxygens (including phenoxy) is 2. The highest BCUT2D eigenvalue weighted by Crippen LogP contribution is 2.46. The maximum absolute atomic E-state index is 13.6. The van der Waals surface area contributed by atoms with E-state index in [1.165, 1.54) is 0 Å². The third kappa shape index (κ3) is 4.14. The van der Waals surface area contributed by atoms with E-state index in [1.807, 2.05) is 72.6 Å². The molecule has 1 heterocycles. The summed E-state index contributed by atoms with van der Waals surface area (Å²) in [5, 5.41) is 0. The number of hydrogen-bond acceptors (Lipinski definition) is 6. The van der Waals surface area contributed by atoms with Gasteiger partial charge >= 0.3 is 11.9 Å². The molecule has 1 aliphatic heterocycles. The summed E-state index contributed by atoms with van der Waals surface area (Å²) in [6, 6.07) is 17.6. The topological polar surface area (TPSA) is 72.9 Å². The highest BCUT2D eigenvalue weighted by molar-refractivity contribution is 6.10. The lowest BCUT2D eigenvalue weighted by molar-refractivity contribution is -0.169. The molecule has 0 radical (unpaired) electrons. The molecule has 2 aromatic rings. The summed E-state index contributed by atoms with van der Waals surface area (Å²) in [5.74, 6) is -3.95. The summed E-state index contributed by atoms with van der Waals surface area (Å²) < 4.78 is 10.5. The SMILES string of the molecule is CCOC(=O)C1C(=O)C(C(=O)OCC)C(c2ccccc2)N(C)C1c1ccccc1. The van der Waals surface area contributed by atoms with Gasteiger partial charge in [-0.3, -0.25) is 19.3 Å². The first kappa shape index (κ1) is 21.7. The Hall–Kier alpha value is -2.99. The van der Waals surface area contributed by atoms with Crippen LogP contribution in [0.2, 0.25) is 0 Å². The average Bonchev–Trinajstić information content (AvgIpc) is 2.76. The zero-order chi connectivity index (χ0) is 21.7. The fourth-order valence-electron chi connectivity index (χ4n) is 4.26. The van der Waals surface area contributed by atoms with Gasteiger partial charge in [-0.25, -0.2) is 0 Å². The van der Waals surface area contributed by atoms with Gasteiger partial charge in [-0.05, 0) is 32.0 Å². The van der Waals surface area contributed by atoms with Gasteiger partial charge in [0.25, 0.3) is 0 Å². The number of carbonyl (C=O) groups is 3. The maximum atomic E-state index is 13.6. The highest BCUT2D eigenvalue weighted by Gasteiger charge is 2.54. The zero-order valence-electron chi connectivity index (χ0n) is 17.5. The van der Waals surface area contributed by atoms with E-state index in [1.54, 1.807) is 13.8 Å². The van der Waals surface area contributed by atoms with Crippen molar-refractivity contribution in [1.29, 1.82) is 0 Å². The molecule has 158 valence electrons. The first-order valence-corrected chi connectivity index (χ1v) is 10.2. The number of likely N-dealkylation sites (tertiary alicyclic amines) is 1. The van der Waals surface area contributed by atoms with Gasteiger partial charge in [-0.15, -0.1) is 0 Å². The molecule has 0 aliphatic carbocycles. The van der Waals surface area contributed by atoms with Gasteiger partial charge in [0.2, 0.25) is 0 Å². The van der Waals surface area contributed by atoms with Crippen molar-refractivity contribution in [1.82, 2.24) is 4.90 Å². The maximum Gasteiger partial charge on any atom is 0.318 e. The highest BCUT2D eigenvalue weighted by atomic mass is 16.5. The number of piperidine rings is 1. The molecule has 1 saturated heterocycles. The van der Waals surface area contributed by atoms with E-state index in [-0.39, 0.29) is 13.2 Å². The minimum Gasteiger partial charge on any atom is -0.465 e. The number of Topliss-reactive ketones (excluding diaryl/α,β-unsaturated/α-hetero) is 1. The molecule has 1 aliphatic rings. The van der Waals surface area contributed by atoms with Gasteiger partial charge in [0, 0.05) is 0 Å². The molecule has 0 aromatic heterocycles. The van der Waals surface area contributed by atoms with Gasteiger partial charge < -0.3 is 9.47 Å². The Bertz CT molecular complexity index is 811. The fraction of sp³-hybridized carbons (Fsp3) is 0.375. The van der Waals surface area contributed by atoms with E-state index in [4.69, 9.17) is 9.47 Å². The van der Waals surface area contributed by atoms with Crippen LogP contribution in [0.4, 0.5) is 0 Å². The number of carbonyl (C=O) groups excluding carboxylic acids is 3. The summed E-state index contributed by atoms with van der Waals surface area (Å²) in [5.41, 5.74) is 1.63. The Morgan fingerprint density at radius 3 is 1.47 bits per heavy atom. The molecule has 6 heteroatoms. The van der Waals surface area contributed by atoms with E-state index in [0.717, 1.165) is 11.1 Å². The second kappa shape index (κ2) is 9.67. The summed E-state index contributed by atoms with van der Waals surface area (Å²) in [6.45, 7) is 3.70. The molecule has 4 atom stereocenters.